The average molecular weight is 358 g/mol. The van der Waals surface area contributed by atoms with E-state index in [-0.39, 0.29) is 0 Å². The first-order valence-electron chi connectivity index (χ1n) is 9.11. The topological polar surface area (TPSA) is 52.4 Å². The maximum atomic E-state index is 9.02. The third-order valence-electron chi connectivity index (χ3n) is 5.20. The second-order valence-corrected chi connectivity index (χ2v) is 6.86. The second-order valence-electron chi connectivity index (χ2n) is 6.86. The van der Waals surface area contributed by atoms with Gasteiger partial charge in [-0.25, -0.2) is 0 Å². The van der Waals surface area contributed by atoms with E-state index >= 15 is 0 Å². The molecule has 2 heterocycles. The molecule has 5 heteroatoms. The Hall–Kier alpha value is -3.10. The fraction of sp³-hybridized carbons (Fsp3) is 0.273. The number of fused-ring (bicyclic) bond motifs is 1. The van der Waals surface area contributed by atoms with E-state index in [2.05, 4.69) is 35.0 Å². The quantitative estimate of drug-likeness (QED) is 0.717. The zero-order chi connectivity index (χ0) is 18.8. The zero-order valence-corrected chi connectivity index (χ0v) is 15.6. The minimum atomic E-state index is 0.655. The Morgan fingerprint density at radius 3 is 2.44 bits per heavy atom. The van der Waals surface area contributed by atoms with Crippen LogP contribution in [0.4, 0.5) is 5.69 Å². The Morgan fingerprint density at radius 2 is 1.78 bits per heavy atom. The molecule has 4 rings (SSSR count). The summed E-state index contributed by atoms with van der Waals surface area (Å²) in [6, 6.07) is 15.9. The van der Waals surface area contributed by atoms with E-state index in [1.54, 1.807) is 7.11 Å². The van der Waals surface area contributed by atoms with Crippen LogP contribution in [0.5, 0.6) is 5.75 Å². The molecule has 0 saturated carbocycles. The molecule has 1 aliphatic heterocycles. The van der Waals surface area contributed by atoms with Crippen LogP contribution < -0.4 is 9.64 Å². The molecule has 1 aliphatic rings. The van der Waals surface area contributed by atoms with E-state index in [1.807, 2.05) is 36.5 Å². The molecule has 0 bridgehead atoms. The highest BCUT2D eigenvalue weighted by Gasteiger charge is 2.20. The Balaban J connectivity index is 1.81. The first kappa shape index (κ1) is 17.3. The van der Waals surface area contributed by atoms with Gasteiger partial charge in [0.25, 0.3) is 0 Å². The van der Waals surface area contributed by atoms with Gasteiger partial charge in [0.2, 0.25) is 0 Å². The maximum Gasteiger partial charge on any atom is 0.153 e. The van der Waals surface area contributed by atoms with Crippen LogP contribution >= 0.6 is 0 Å². The minimum absolute atomic E-state index is 0.655. The highest BCUT2D eigenvalue weighted by Crippen LogP contribution is 2.38. The van der Waals surface area contributed by atoms with Crippen molar-refractivity contribution >= 4 is 16.6 Å². The molecule has 0 aliphatic carbocycles. The number of ether oxygens (including phenoxy) is 1. The molecule has 2 aromatic carbocycles. The molecule has 3 aromatic rings. The standard InChI is InChI=1S/C22H22N4O/c1-25-10-12-26(13-11-25)20-15-24-21-18(4-3-5-19(21)22(20)27-2)17-8-6-16(14-23)7-9-17/h3-9,15H,10-13H2,1-2H3. The number of benzene rings is 2. The summed E-state index contributed by atoms with van der Waals surface area (Å²) in [4.78, 5) is 9.48. The lowest BCUT2D eigenvalue weighted by atomic mass is 10.00. The van der Waals surface area contributed by atoms with Crippen molar-refractivity contribution in [2.45, 2.75) is 0 Å². The molecular weight excluding hydrogens is 336 g/mol. The van der Waals surface area contributed by atoms with Gasteiger partial charge in [-0.2, -0.15) is 5.26 Å². The van der Waals surface area contributed by atoms with Crippen LogP contribution in [0, 0.1) is 11.3 Å². The number of nitriles is 1. The van der Waals surface area contributed by atoms with Crippen molar-refractivity contribution in [3.05, 3.63) is 54.2 Å². The van der Waals surface area contributed by atoms with Gasteiger partial charge in [0.05, 0.1) is 36.1 Å². The average Bonchev–Trinajstić information content (AvgIpc) is 2.73. The lowest BCUT2D eigenvalue weighted by molar-refractivity contribution is 0.311. The van der Waals surface area contributed by atoms with Crippen molar-refractivity contribution in [1.29, 1.82) is 5.26 Å². The van der Waals surface area contributed by atoms with Crippen LogP contribution in [-0.4, -0.2) is 50.2 Å². The number of para-hydroxylation sites is 1. The van der Waals surface area contributed by atoms with Gasteiger partial charge in [-0.15, -0.1) is 0 Å². The third kappa shape index (κ3) is 3.20. The summed E-state index contributed by atoms with van der Waals surface area (Å²) in [5, 5.41) is 10.0. The number of pyridine rings is 1. The molecule has 0 radical (unpaired) electrons. The number of hydrogen-bond donors (Lipinski definition) is 0. The van der Waals surface area contributed by atoms with Gasteiger partial charge in [-0.3, -0.25) is 4.98 Å². The van der Waals surface area contributed by atoms with Crippen molar-refractivity contribution in [3.63, 3.8) is 0 Å². The number of piperazine rings is 1. The van der Waals surface area contributed by atoms with Gasteiger partial charge < -0.3 is 14.5 Å². The highest BCUT2D eigenvalue weighted by atomic mass is 16.5. The number of nitrogens with zero attached hydrogens (tertiary/aromatic N) is 4. The number of methoxy groups -OCH3 is 1. The van der Waals surface area contributed by atoms with Gasteiger partial charge >= 0.3 is 0 Å². The Kier molecular flexibility index (Phi) is 4.66. The summed E-state index contributed by atoms with van der Waals surface area (Å²) in [6.07, 6.45) is 1.93. The molecule has 0 amide bonds. The zero-order valence-electron chi connectivity index (χ0n) is 15.6. The van der Waals surface area contributed by atoms with E-state index in [9.17, 15) is 0 Å². The van der Waals surface area contributed by atoms with Crippen molar-refractivity contribution in [2.75, 3.05) is 45.2 Å². The summed E-state index contributed by atoms with van der Waals surface area (Å²) in [5.41, 5.74) is 4.70. The Morgan fingerprint density at radius 1 is 1.04 bits per heavy atom. The number of anilines is 1. The normalized spacial score (nSPS) is 14.9. The summed E-state index contributed by atoms with van der Waals surface area (Å²) in [6.45, 7) is 4.00. The Labute approximate surface area is 159 Å². The smallest absolute Gasteiger partial charge is 0.153 e. The number of aromatic nitrogens is 1. The summed E-state index contributed by atoms with van der Waals surface area (Å²) >= 11 is 0. The van der Waals surface area contributed by atoms with Gasteiger partial charge in [0, 0.05) is 37.1 Å². The third-order valence-corrected chi connectivity index (χ3v) is 5.20. The van der Waals surface area contributed by atoms with Gasteiger partial charge in [0.1, 0.15) is 0 Å². The van der Waals surface area contributed by atoms with Crippen molar-refractivity contribution in [3.8, 4) is 22.9 Å². The molecule has 27 heavy (non-hydrogen) atoms. The predicted molar refractivity (Wildman–Crippen MR) is 108 cm³/mol. The first-order chi connectivity index (χ1) is 13.2. The van der Waals surface area contributed by atoms with Gasteiger partial charge in [-0.1, -0.05) is 24.3 Å². The van der Waals surface area contributed by atoms with Crippen LogP contribution in [0.1, 0.15) is 5.56 Å². The number of hydrogen-bond acceptors (Lipinski definition) is 5. The SMILES string of the molecule is COc1c(N2CCN(C)CC2)cnc2c(-c3ccc(C#N)cc3)cccc12. The van der Waals surface area contributed by atoms with E-state index in [4.69, 9.17) is 15.0 Å². The number of likely N-dealkylation sites (N-methyl/N-ethyl adjacent to an activating group) is 1. The Bertz CT molecular complexity index is 999. The predicted octanol–water partition coefficient (Wildman–Crippen LogP) is 3.53. The van der Waals surface area contributed by atoms with E-state index in [1.165, 1.54) is 0 Å². The van der Waals surface area contributed by atoms with E-state index in [0.29, 0.717) is 5.56 Å². The van der Waals surface area contributed by atoms with Crippen molar-refractivity contribution in [2.24, 2.45) is 0 Å². The molecule has 0 atom stereocenters. The van der Waals surface area contributed by atoms with Gasteiger partial charge in [-0.05, 0) is 30.8 Å². The fourth-order valence-corrected chi connectivity index (χ4v) is 3.63. The number of rotatable bonds is 3. The lowest BCUT2D eigenvalue weighted by Crippen LogP contribution is -2.44. The molecule has 1 fully saturated rings. The summed E-state index contributed by atoms with van der Waals surface area (Å²) < 4.78 is 5.83. The minimum Gasteiger partial charge on any atom is -0.494 e. The molecule has 5 nitrogen and oxygen atoms in total. The van der Waals surface area contributed by atoms with E-state index in [0.717, 1.165) is 59.6 Å². The van der Waals surface area contributed by atoms with Crippen molar-refractivity contribution < 1.29 is 4.74 Å². The summed E-state index contributed by atoms with van der Waals surface area (Å²) in [5.74, 6) is 0.875. The van der Waals surface area contributed by atoms with Crippen LogP contribution in [0.15, 0.2) is 48.7 Å². The molecule has 1 aromatic heterocycles. The van der Waals surface area contributed by atoms with Gasteiger partial charge in [0.15, 0.2) is 5.75 Å². The molecule has 1 saturated heterocycles. The second kappa shape index (κ2) is 7.26. The monoisotopic (exact) mass is 358 g/mol. The van der Waals surface area contributed by atoms with Crippen LogP contribution in [0.2, 0.25) is 0 Å². The fourth-order valence-electron chi connectivity index (χ4n) is 3.63. The van der Waals surface area contributed by atoms with Crippen molar-refractivity contribution in [1.82, 2.24) is 9.88 Å². The molecule has 0 spiro atoms. The van der Waals surface area contributed by atoms with Crippen LogP contribution in [-0.2, 0) is 0 Å². The lowest BCUT2D eigenvalue weighted by Gasteiger charge is -2.34. The molecular formula is C22H22N4O. The molecule has 0 N–H and O–H groups in total. The van der Waals surface area contributed by atoms with E-state index < -0.39 is 0 Å². The summed E-state index contributed by atoms with van der Waals surface area (Å²) in [7, 11) is 3.87. The van der Waals surface area contributed by atoms with Crippen LogP contribution in [0.25, 0.3) is 22.0 Å². The van der Waals surface area contributed by atoms with Crippen LogP contribution in [0.3, 0.4) is 0 Å². The molecule has 0 unspecified atom stereocenters. The maximum absolute atomic E-state index is 9.02. The largest absolute Gasteiger partial charge is 0.494 e. The highest BCUT2D eigenvalue weighted by molar-refractivity contribution is 5.99. The first-order valence-corrected chi connectivity index (χ1v) is 9.11. The molecule has 136 valence electrons.